The third-order valence-electron chi connectivity index (χ3n) is 2.89. The molecule has 0 aliphatic rings. The monoisotopic (exact) mass is 330 g/mol. The summed E-state index contributed by atoms with van der Waals surface area (Å²) in [5.41, 5.74) is 1.28. The van der Waals surface area contributed by atoms with E-state index in [1.807, 2.05) is 24.3 Å². The van der Waals surface area contributed by atoms with Crippen molar-refractivity contribution in [2.45, 2.75) is 6.42 Å². The smallest absolute Gasteiger partial charge is 0.277 e. The van der Waals surface area contributed by atoms with Crippen LogP contribution in [0.4, 0.5) is 5.13 Å². The number of thiazole rings is 1. The first-order valence-electron chi connectivity index (χ1n) is 6.48. The highest BCUT2D eigenvalue weighted by molar-refractivity contribution is 7.15. The van der Waals surface area contributed by atoms with Crippen LogP contribution in [0, 0.1) is 0 Å². The minimum absolute atomic E-state index is 0.255. The highest BCUT2D eigenvalue weighted by Crippen LogP contribution is 2.24. The number of nitrogens with one attached hydrogen (secondary N) is 1. The molecule has 0 fully saturated rings. The Kier molecular flexibility index (Phi) is 4.41. The van der Waals surface area contributed by atoms with E-state index < -0.39 is 0 Å². The lowest BCUT2D eigenvalue weighted by Gasteiger charge is -2.01. The summed E-state index contributed by atoms with van der Waals surface area (Å²) in [6.45, 7) is 0. The number of amides is 1. The van der Waals surface area contributed by atoms with Crippen LogP contribution in [0.25, 0.3) is 0 Å². The normalized spacial score (nSPS) is 10.4. The van der Waals surface area contributed by atoms with Crippen molar-refractivity contribution in [1.82, 2.24) is 15.0 Å². The van der Waals surface area contributed by atoms with Gasteiger partial charge < -0.3 is 0 Å². The standard InChI is InChI=1S/C15H11ClN4OS/c16-12-4-2-1-3-10(12)7-11-8-19-15(22-11)20-14(21)13-9-17-5-6-18-13/h1-6,8-9H,7H2,(H,19,20,21). The molecule has 0 saturated carbocycles. The van der Waals surface area contributed by atoms with E-state index in [1.165, 1.54) is 29.9 Å². The molecular weight excluding hydrogens is 320 g/mol. The molecule has 3 aromatic rings. The van der Waals surface area contributed by atoms with Gasteiger partial charge in [0.15, 0.2) is 5.13 Å². The van der Waals surface area contributed by atoms with E-state index in [0.717, 1.165) is 15.5 Å². The fourth-order valence-electron chi connectivity index (χ4n) is 1.85. The zero-order chi connectivity index (χ0) is 15.4. The fourth-order valence-corrected chi connectivity index (χ4v) is 2.89. The molecule has 0 aliphatic heterocycles. The summed E-state index contributed by atoms with van der Waals surface area (Å²) in [6.07, 6.45) is 6.81. The number of hydrogen-bond acceptors (Lipinski definition) is 5. The van der Waals surface area contributed by atoms with Crippen molar-refractivity contribution in [2.75, 3.05) is 5.32 Å². The highest BCUT2D eigenvalue weighted by Gasteiger charge is 2.11. The molecule has 0 spiro atoms. The third kappa shape index (κ3) is 3.47. The van der Waals surface area contributed by atoms with Gasteiger partial charge in [0.05, 0.1) is 6.20 Å². The number of carbonyl (C=O) groups is 1. The Morgan fingerprint density at radius 1 is 1.18 bits per heavy atom. The summed E-state index contributed by atoms with van der Waals surface area (Å²) < 4.78 is 0. The molecule has 0 saturated heterocycles. The Labute approximate surface area is 136 Å². The van der Waals surface area contributed by atoms with E-state index in [-0.39, 0.29) is 11.6 Å². The Morgan fingerprint density at radius 3 is 2.82 bits per heavy atom. The minimum Gasteiger partial charge on any atom is -0.296 e. The van der Waals surface area contributed by atoms with Gasteiger partial charge in [0.2, 0.25) is 0 Å². The van der Waals surface area contributed by atoms with Gasteiger partial charge in [-0.25, -0.2) is 9.97 Å². The maximum absolute atomic E-state index is 12.0. The van der Waals surface area contributed by atoms with Gasteiger partial charge in [0, 0.05) is 34.9 Å². The number of carbonyl (C=O) groups excluding carboxylic acids is 1. The van der Waals surface area contributed by atoms with E-state index in [0.29, 0.717) is 11.6 Å². The maximum Gasteiger partial charge on any atom is 0.277 e. The first-order chi connectivity index (χ1) is 10.7. The number of nitrogens with zero attached hydrogens (tertiary/aromatic N) is 3. The van der Waals surface area contributed by atoms with Gasteiger partial charge >= 0.3 is 0 Å². The van der Waals surface area contributed by atoms with Crippen LogP contribution >= 0.6 is 22.9 Å². The Bertz CT molecular complexity index is 791. The van der Waals surface area contributed by atoms with Crippen LogP contribution in [0.3, 0.4) is 0 Å². The van der Waals surface area contributed by atoms with Gasteiger partial charge in [-0.15, -0.1) is 11.3 Å². The first-order valence-corrected chi connectivity index (χ1v) is 7.67. The van der Waals surface area contributed by atoms with Gasteiger partial charge in [-0.05, 0) is 11.6 Å². The van der Waals surface area contributed by atoms with Crippen LogP contribution < -0.4 is 5.32 Å². The summed E-state index contributed by atoms with van der Waals surface area (Å²) >= 11 is 7.55. The quantitative estimate of drug-likeness (QED) is 0.795. The summed E-state index contributed by atoms with van der Waals surface area (Å²) in [5.74, 6) is -0.327. The van der Waals surface area contributed by atoms with Crippen LogP contribution in [0.1, 0.15) is 20.9 Å². The molecule has 1 amide bonds. The van der Waals surface area contributed by atoms with E-state index in [2.05, 4.69) is 20.3 Å². The van der Waals surface area contributed by atoms with Crippen molar-refractivity contribution in [3.63, 3.8) is 0 Å². The molecule has 0 unspecified atom stereocenters. The zero-order valence-corrected chi connectivity index (χ0v) is 12.9. The number of anilines is 1. The summed E-state index contributed by atoms with van der Waals surface area (Å²) in [7, 11) is 0. The second kappa shape index (κ2) is 6.64. The molecule has 0 radical (unpaired) electrons. The van der Waals surface area contributed by atoms with E-state index in [1.54, 1.807) is 6.20 Å². The lowest BCUT2D eigenvalue weighted by Crippen LogP contribution is -2.13. The number of benzene rings is 1. The molecular formula is C15H11ClN4OS. The van der Waals surface area contributed by atoms with Crippen molar-refractivity contribution >= 4 is 34.0 Å². The molecule has 3 rings (SSSR count). The second-order valence-corrected chi connectivity index (χ2v) is 5.97. The molecule has 0 atom stereocenters. The SMILES string of the molecule is O=C(Nc1ncc(Cc2ccccc2Cl)s1)c1cnccn1. The summed E-state index contributed by atoms with van der Waals surface area (Å²) in [5, 5.41) is 3.96. The summed E-state index contributed by atoms with van der Waals surface area (Å²) in [6, 6.07) is 7.67. The van der Waals surface area contributed by atoms with Gasteiger partial charge in [0.1, 0.15) is 5.69 Å². The van der Waals surface area contributed by atoms with Crippen LogP contribution in [-0.2, 0) is 6.42 Å². The lowest BCUT2D eigenvalue weighted by molar-refractivity contribution is 0.102. The average molecular weight is 331 g/mol. The number of aromatic nitrogens is 3. The van der Waals surface area contributed by atoms with Crippen molar-refractivity contribution in [3.8, 4) is 0 Å². The van der Waals surface area contributed by atoms with Crippen molar-refractivity contribution in [3.05, 3.63) is 70.2 Å². The predicted molar refractivity (Wildman–Crippen MR) is 86.4 cm³/mol. The second-order valence-electron chi connectivity index (χ2n) is 4.44. The van der Waals surface area contributed by atoms with E-state index >= 15 is 0 Å². The highest BCUT2D eigenvalue weighted by atomic mass is 35.5. The van der Waals surface area contributed by atoms with Gasteiger partial charge in [0.25, 0.3) is 5.91 Å². The Balaban J connectivity index is 1.69. The third-order valence-corrected chi connectivity index (χ3v) is 4.17. The summed E-state index contributed by atoms with van der Waals surface area (Å²) in [4.78, 5) is 25.0. The predicted octanol–water partition coefficient (Wildman–Crippen LogP) is 3.43. The van der Waals surface area contributed by atoms with Crippen LogP contribution in [0.5, 0.6) is 0 Å². The van der Waals surface area contributed by atoms with Crippen molar-refractivity contribution < 1.29 is 4.79 Å². The molecule has 7 heteroatoms. The van der Waals surface area contributed by atoms with Crippen molar-refractivity contribution in [1.29, 1.82) is 0 Å². The van der Waals surface area contributed by atoms with E-state index in [4.69, 9.17) is 11.6 Å². The topological polar surface area (TPSA) is 67.8 Å². The fraction of sp³-hybridized carbons (Fsp3) is 0.0667. The lowest BCUT2D eigenvalue weighted by atomic mass is 10.1. The molecule has 0 bridgehead atoms. The van der Waals surface area contributed by atoms with Gasteiger partial charge in [-0.3, -0.25) is 15.1 Å². The maximum atomic E-state index is 12.0. The molecule has 22 heavy (non-hydrogen) atoms. The van der Waals surface area contributed by atoms with Gasteiger partial charge in [-0.1, -0.05) is 29.8 Å². The van der Waals surface area contributed by atoms with Crippen molar-refractivity contribution in [2.24, 2.45) is 0 Å². The first kappa shape index (κ1) is 14.6. The molecule has 2 heterocycles. The number of hydrogen-bond donors (Lipinski definition) is 1. The number of rotatable bonds is 4. The molecule has 0 aliphatic carbocycles. The van der Waals surface area contributed by atoms with E-state index in [9.17, 15) is 4.79 Å². The molecule has 2 aromatic heterocycles. The molecule has 1 aromatic carbocycles. The molecule has 110 valence electrons. The minimum atomic E-state index is -0.327. The van der Waals surface area contributed by atoms with Crippen LogP contribution in [-0.4, -0.2) is 20.9 Å². The zero-order valence-electron chi connectivity index (χ0n) is 11.4. The Morgan fingerprint density at radius 2 is 2.05 bits per heavy atom. The molecule has 1 N–H and O–H groups in total. The van der Waals surface area contributed by atoms with Crippen LogP contribution in [0.15, 0.2) is 49.1 Å². The van der Waals surface area contributed by atoms with Gasteiger partial charge in [-0.2, -0.15) is 0 Å². The molecule has 5 nitrogen and oxygen atoms in total. The average Bonchev–Trinajstić information content (AvgIpc) is 2.97. The Hall–Kier alpha value is -2.31. The largest absolute Gasteiger partial charge is 0.296 e. The number of halogens is 1. The van der Waals surface area contributed by atoms with Crippen LogP contribution in [0.2, 0.25) is 5.02 Å².